The van der Waals surface area contributed by atoms with Gasteiger partial charge >= 0.3 is 0 Å². The minimum atomic E-state index is 0.806. The zero-order chi connectivity index (χ0) is 12.7. The number of aryl methyl sites for hydroxylation is 1. The molecular weight excluding hydrogens is 236 g/mol. The summed E-state index contributed by atoms with van der Waals surface area (Å²) in [6, 6.07) is 10.6. The largest absolute Gasteiger partial charge is 0.340 e. The third-order valence-corrected chi connectivity index (χ3v) is 3.93. The molecule has 1 aliphatic rings. The third-order valence-electron chi connectivity index (χ3n) is 3.93. The van der Waals surface area contributed by atoms with Crippen molar-refractivity contribution in [3.05, 3.63) is 48.2 Å². The van der Waals surface area contributed by atoms with Crippen LogP contribution in [0.25, 0.3) is 10.9 Å². The predicted molar refractivity (Wildman–Crippen MR) is 74.0 cm³/mol. The Labute approximate surface area is 111 Å². The smallest absolute Gasteiger partial charge is 0.153 e. The van der Waals surface area contributed by atoms with E-state index < -0.39 is 0 Å². The van der Waals surface area contributed by atoms with Gasteiger partial charge in [0, 0.05) is 24.7 Å². The Morgan fingerprint density at radius 2 is 2.00 bits per heavy atom. The Bertz CT molecular complexity index is 723. The van der Waals surface area contributed by atoms with E-state index >= 15 is 0 Å². The predicted octanol–water partition coefficient (Wildman–Crippen LogP) is 2.62. The first kappa shape index (κ1) is 10.8. The fourth-order valence-electron chi connectivity index (χ4n) is 2.92. The lowest BCUT2D eigenvalue weighted by atomic mass is 10.2. The van der Waals surface area contributed by atoms with Gasteiger partial charge in [-0.15, -0.1) is 10.2 Å². The van der Waals surface area contributed by atoms with Gasteiger partial charge in [0.1, 0.15) is 5.82 Å². The zero-order valence-electron chi connectivity index (χ0n) is 10.8. The molecule has 96 valence electrons. The highest BCUT2D eigenvalue weighted by Gasteiger charge is 2.16. The van der Waals surface area contributed by atoms with Gasteiger partial charge in [-0.1, -0.05) is 18.2 Å². The molecule has 0 bridgehead atoms. The number of hydrogen-bond donors (Lipinski definition) is 0. The fourth-order valence-corrected chi connectivity index (χ4v) is 2.92. The molecule has 19 heavy (non-hydrogen) atoms. The Kier molecular flexibility index (Phi) is 2.40. The summed E-state index contributed by atoms with van der Waals surface area (Å²) in [4.78, 5) is 0. The van der Waals surface area contributed by atoms with Crippen LogP contribution in [0, 0.1) is 0 Å². The van der Waals surface area contributed by atoms with E-state index in [2.05, 4.69) is 55.9 Å². The molecule has 4 nitrogen and oxygen atoms in total. The SMILES string of the molecule is c1ccc2c(c1)ccn2Cc1nnc2n1CCCC2. The van der Waals surface area contributed by atoms with Crippen LogP contribution in [-0.2, 0) is 19.5 Å². The summed E-state index contributed by atoms with van der Waals surface area (Å²) in [5, 5.41) is 9.97. The van der Waals surface area contributed by atoms with Crippen LogP contribution < -0.4 is 0 Å². The van der Waals surface area contributed by atoms with Gasteiger partial charge in [0.25, 0.3) is 0 Å². The number of benzene rings is 1. The van der Waals surface area contributed by atoms with Gasteiger partial charge < -0.3 is 9.13 Å². The van der Waals surface area contributed by atoms with Crippen molar-refractivity contribution in [1.29, 1.82) is 0 Å². The van der Waals surface area contributed by atoms with Crippen molar-refractivity contribution in [2.24, 2.45) is 0 Å². The lowest BCUT2D eigenvalue weighted by molar-refractivity contribution is 0.503. The second kappa shape index (κ2) is 4.23. The Morgan fingerprint density at radius 1 is 1.05 bits per heavy atom. The zero-order valence-corrected chi connectivity index (χ0v) is 10.8. The first-order valence-electron chi connectivity index (χ1n) is 6.87. The molecular formula is C15H16N4. The van der Waals surface area contributed by atoms with Crippen molar-refractivity contribution >= 4 is 10.9 Å². The number of nitrogens with zero attached hydrogens (tertiary/aromatic N) is 4. The van der Waals surface area contributed by atoms with E-state index in [-0.39, 0.29) is 0 Å². The Morgan fingerprint density at radius 3 is 3.00 bits per heavy atom. The number of rotatable bonds is 2. The molecule has 0 aliphatic carbocycles. The van der Waals surface area contributed by atoms with Crippen molar-refractivity contribution in [3.8, 4) is 0 Å². The van der Waals surface area contributed by atoms with Gasteiger partial charge in [0.15, 0.2) is 5.82 Å². The third kappa shape index (κ3) is 1.75. The van der Waals surface area contributed by atoms with Gasteiger partial charge in [0.05, 0.1) is 6.54 Å². The van der Waals surface area contributed by atoms with Crippen molar-refractivity contribution in [3.63, 3.8) is 0 Å². The molecule has 0 amide bonds. The van der Waals surface area contributed by atoms with E-state index in [1.54, 1.807) is 0 Å². The molecule has 2 aromatic heterocycles. The molecule has 1 aromatic carbocycles. The lowest BCUT2D eigenvalue weighted by Crippen LogP contribution is -2.14. The van der Waals surface area contributed by atoms with E-state index in [1.807, 2.05) is 0 Å². The average molecular weight is 252 g/mol. The Hall–Kier alpha value is -2.10. The van der Waals surface area contributed by atoms with Crippen LogP contribution in [0.1, 0.15) is 24.5 Å². The topological polar surface area (TPSA) is 35.6 Å². The van der Waals surface area contributed by atoms with E-state index in [0.29, 0.717) is 0 Å². The summed E-state index contributed by atoms with van der Waals surface area (Å²) in [7, 11) is 0. The van der Waals surface area contributed by atoms with Crippen LogP contribution in [0.15, 0.2) is 36.5 Å². The summed E-state index contributed by atoms with van der Waals surface area (Å²) in [6.45, 7) is 1.87. The maximum atomic E-state index is 4.37. The minimum Gasteiger partial charge on any atom is -0.340 e. The number of fused-ring (bicyclic) bond motifs is 2. The van der Waals surface area contributed by atoms with E-state index in [0.717, 1.165) is 31.2 Å². The second-order valence-corrected chi connectivity index (χ2v) is 5.14. The maximum Gasteiger partial charge on any atom is 0.153 e. The average Bonchev–Trinajstić information content (AvgIpc) is 3.05. The molecule has 0 radical (unpaired) electrons. The van der Waals surface area contributed by atoms with Crippen LogP contribution in [0.5, 0.6) is 0 Å². The number of para-hydroxylation sites is 1. The van der Waals surface area contributed by atoms with Gasteiger partial charge in [-0.05, 0) is 30.4 Å². The molecule has 0 N–H and O–H groups in total. The normalized spacial score (nSPS) is 14.7. The van der Waals surface area contributed by atoms with Gasteiger partial charge in [-0.3, -0.25) is 0 Å². The molecule has 0 saturated heterocycles. The van der Waals surface area contributed by atoms with Crippen molar-refractivity contribution in [2.45, 2.75) is 32.4 Å². The van der Waals surface area contributed by atoms with Crippen LogP contribution in [0.3, 0.4) is 0 Å². The molecule has 0 saturated carbocycles. The first-order chi connectivity index (χ1) is 9.42. The van der Waals surface area contributed by atoms with Crippen LogP contribution >= 0.6 is 0 Å². The summed E-state index contributed by atoms with van der Waals surface area (Å²) >= 11 is 0. The monoisotopic (exact) mass is 252 g/mol. The summed E-state index contributed by atoms with van der Waals surface area (Å²) in [5.74, 6) is 2.23. The summed E-state index contributed by atoms with van der Waals surface area (Å²) < 4.78 is 4.54. The van der Waals surface area contributed by atoms with Gasteiger partial charge in [0.2, 0.25) is 0 Å². The molecule has 0 atom stereocenters. The molecule has 1 aliphatic heterocycles. The first-order valence-corrected chi connectivity index (χ1v) is 6.87. The summed E-state index contributed by atoms with van der Waals surface area (Å²) in [5.41, 5.74) is 1.26. The molecule has 0 spiro atoms. The van der Waals surface area contributed by atoms with Crippen molar-refractivity contribution in [2.75, 3.05) is 0 Å². The van der Waals surface area contributed by atoms with Gasteiger partial charge in [-0.2, -0.15) is 0 Å². The molecule has 4 heteroatoms. The van der Waals surface area contributed by atoms with Crippen LogP contribution in [0.2, 0.25) is 0 Å². The Balaban J connectivity index is 1.73. The molecule has 3 heterocycles. The fraction of sp³-hybridized carbons (Fsp3) is 0.333. The van der Waals surface area contributed by atoms with Crippen LogP contribution in [0.4, 0.5) is 0 Å². The highest BCUT2D eigenvalue weighted by molar-refractivity contribution is 5.79. The molecule has 3 aromatic rings. The van der Waals surface area contributed by atoms with Crippen molar-refractivity contribution in [1.82, 2.24) is 19.3 Å². The van der Waals surface area contributed by atoms with E-state index in [9.17, 15) is 0 Å². The maximum absolute atomic E-state index is 4.37. The van der Waals surface area contributed by atoms with Crippen molar-refractivity contribution < 1.29 is 0 Å². The van der Waals surface area contributed by atoms with Crippen LogP contribution in [-0.4, -0.2) is 19.3 Å². The van der Waals surface area contributed by atoms with E-state index in [4.69, 9.17) is 0 Å². The standard InChI is InChI=1S/C15H16N4/c1-2-6-13-12(5-1)8-10-18(13)11-15-17-16-14-7-3-4-9-19(14)15/h1-2,5-6,8,10H,3-4,7,9,11H2. The molecule has 0 unspecified atom stereocenters. The number of hydrogen-bond acceptors (Lipinski definition) is 2. The highest BCUT2D eigenvalue weighted by atomic mass is 15.3. The minimum absolute atomic E-state index is 0.806. The second-order valence-electron chi connectivity index (χ2n) is 5.14. The molecule has 0 fully saturated rings. The summed E-state index contributed by atoms with van der Waals surface area (Å²) in [6.07, 6.45) is 5.68. The lowest BCUT2D eigenvalue weighted by Gasteiger charge is -2.15. The quantitative estimate of drug-likeness (QED) is 0.703. The van der Waals surface area contributed by atoms with E-state index in [1.165, 1.54) is 23.7 Å². The van der Waals surface area contributed by atoms with Gasteiger partial charge in [-0.25, -0.2) is 0 Å². The highest BCUT2D eigenvalue weighted by Crippen LogP contribution is 2.19. The number of aromatic nitrogens is 4. The molecule has 4 rings (SSSR count).